The van der Waals surface area contributed by atoms with Crippen LogP contribution in [-0.4, -0.2) is 32.8 Å². The summed E-state index contributed by atoms with van der Waals surface area (Å²) in [5.41, 5.74) is 1.21. The number of carbonyl (C=O) groups is 2. The van der Waals surface area contributed by atoms with E-state index in [1.807, 2.05) is 19.1 Å². The molecule has 0 aromatic rings. The molecule has 31 heavy (non-hydrogen) atoms. The first kappa shape index (κ1) is 27.3. The number of cyclic esters (lactones) is 1. The number of carbonyl (C=O) groups excluding carboxylic acids is 2. The second kappa shape index (κ2) is 11.2. The average Bonchev–Trinajstić information content (AvgIpc) is 2.67. The topological polar surface area (TPSA) is 52.6 Å². The van der Waals surface area contributed by atoms with Crippen LogP contribution in [0.25, 0.3) is 0 Å². The van der Waals surface area contributed by atoms with Crippen LogP contribution in [0.2, 0.25) is 18.1 Å². The second-order valence-electron chi connectivity index (χ2n) is 10.4. The lowest BCUT2D eigenvalue weighted by Crippen LogP contribution is -2.45. The molecule has 0 aliphatic carbocycles. The number of Topliss-reactive ketones (excluding diaryl/α,β-unsaturated/α-hetero) is 1. The average molecular weight is 447 g/mol. The third-order valence-electron chi connectivity index (χ3n) is 6.48. The van der Waals surface area contributed by atoms with E-state index in [0.29, 0.717) is 13.0 Å². The van der Waals surface area contributed by atoms with Gasteiger partial charge in [0.2, 0.25) is 0 Å². The van der Waals surface area contributed by atoms with Crippen molar-refractivity contribution in [1.29, 1.82) is 0 Å². The highest BCUT2D eigenvalue weighted by Gasteiger charge is 2.46. The number of hydrogen-bond donors (Lipinski definition) is 0. The highest BCUT2D eigenvalue weighted by atomic mass is 28.4. The highest BCUT2D eigenvalue weighted by molar-refractivity contribution is 6.74. The zero-order valence-corrected chi connectivity index (χ0v) is 21.8. The van der Waals surface area contributed by atoms with Crippen molar-refractivity contribution in [1.82, 2.24) is 0 Å². The van der Waals surface area contributed by atoms with Crippen LogP contribution in [0.4, 0.5) is 0 Å². The van der Waals surface area contributed by atoms with Crippen LogP contribution in [-0.2, 0) is 18.8 Å². The molecule has 1 heterocycles. The molecule has 0 aromatic heterocycles. The SMILES string of the molecule is C=C[C@@H]1CC(=O)[C@@](C)(C/C=C(C)/C=C/CC/C=C(\C)CO[Si](C)(C)C(C)(C)C)C(=O)O1. The molecule has 0 aromatic carbocycles. The summed E-state index contributed by atoms with van der Waals surface area (Å²) in [4.78, 5) is 24.7. The quantitative estimate of drug-likeness (QED) is 0.0935. The maximum Gasteiger partial charge on any atom is 0.320 e. The zero-order chi connectivity index (χ0) is 23.9. The number of unbranched alkanes of at least 4 members (excludes halogenated alkanes) is 1. The number of hydrogen-bond acceptors (Lipinski definition) is 4. The van der Waals surface area contributed by atoms with E-state index >= 15 is 0 Å². The molecule has 1 rings (SSSR count). The molecule has 0 bridgehead atoms. The van der Waals surface area contributed by atoms with E-state index in [0.717, 1.165) is 18.4 Å². The van der Waals surface area contributed by atoms with Gasteiger partial charge in [-0.3, -0.25) is 9.59 Å². The maximum atomic E-state index is 12.4. The van der Waals surface area contributed by atoms with Gasteiger partial charge in [0.1, 0.15) is 11.5 Å². The van der Waals surface area contributed by atoms with E-state index in [1.165, 1.54) is 11.6 Å². The molecule has 0 unspecified atom stereocenters. The molecule has 0 radical (unpaired) electrons. The first-order chi connectivity index (χ1) is 14.2. The van der Waals surface area contributed by atoms with E-state index in [4.69, 9.17) is 9.16 Å². The molecule has 174 valence electrons. The largest absolute Gasteiger partial charge is 0.457 e. The van der Waals surface area contributed by atoms with Gasteiger partial charge in [0.05, 0.1) is 6.61 Å². The highest BCUT2D eigenvalue weighted by Crippen LogP contribution is 2.37. The molecule has 0 N–H and O–H groups in total. The fourth-order valence-electron chi connectivity index (χ4n) is 2.86. The first-order valence-electron chi connectivity index (χ1n) is 11.2. The number of allylic oxidation sites excluding steroid dienone is 5. The molecule has 4 nitrogen and oxygen atoms in total. The molecule has 0 spiro atoms. The summed E-state index contributed by atoms with van der Waals surface area (Å²) in [7, 11) is -1.71. The van der Waals surface area contributed by atoms with E-state index in [-0.39, 0.29) is 17.2 Å². The molecule has 1 fully saturated rings. The molecule has 2 atom stereocenters. The Hall–Kier alpha value is -1.72. The lowest BCUT2D eigenvalue weighted by atomic mass is 9.77. The number of ether oxygens (including phenoxy) is 1. The van der Waals surface area contributed by atoms with Gasteiger partial charge < -0.3 is 9.16 Å². The minimum absolute atomic E-state index is 0.0813. The van der Waals surface area contributed by atoms with Crippen molar-refractivity contribution in [3.05, 3.63) is 48.1 Å². The number of esters is 1. The van der Waals surface area contributed by atoms with E-state index in [9.17, 15) is 9.59 Å². The Morgan fingerprint density at radius 2 is 1.87 bits per heavy atom. The summed E-state index contributed by atoms with van der Waals surface area (Å²) < 4.78 is 11.6. The van der Waals surface area contributed by atoms with Crippen LogP contribution < -0.4 is 0 Å². The van der Waals surface area contributed by atoms with Gasteiger partial charge in [-0.1, -0.05) is 68.9 Å². The van der Waals surface area contributed by atoms with Crippen LogP contribution in [0.5, 0.6) is 0 Å². The van der Waals surface area contributed by atoms with Crippen molar-refractivity contribution in [2.45, 2.75) is 91.5 Å². The van der Waals surface area contributed by atoms with Crippen LogP contribution in [0.1, 0.15) is 67.2 Å². The Balaban J connectivity index is 2.50. The predicted octanol–water partition coefficient (Wildman–Crippen LogP) is 6.70. The Morgan fingerprint density at radius 3 is 2.42 bits per heavy atom. The Morgan fingerprint density at radius 1 is 1.23 bits per heavy atom. The standard InChI is InChI=1S/C26H42O4Si/c1-10-22-18-23(27)26(7,24(28)30-22)17-16-20(2)14-12-11-13-15-21(3)19-29-31(8,9)25(4,5)6/h10,12,14-16,22H,1,11,13,17-19H2,2-9H3/b14-12+,20-16+,21-15+/t22-,26-/m1/s1. The monoisotopic (exact) mass is 446 g/mol. The van der Waals surface area contributed by atoms with Gasteiger partial charge in [0.25, 0.3) is 0 Å². The summed E-state index contributed by atoms with van der Waals surface area (Å²) in [5, 5.41) is 0.225. The van der Waals surface area contributed by atoms with E-state index < -0.39 is 25.8 Å². The molecule has 0 saturated carbocycles. The van der Waals surface area contributed by atoms with Crippen molar-refractivity contribution in [2.75, 3.05) is 6.61 Å². The zero-order valence-electron chi connectivity index (χ0n) is 20.8. The lowest BCUT2D eigenvalue weighted by molar-refractivity contribution is -0.170. The normalized spacial score (nSPS) is 23.9. The van der Waals surface area contributed by atoms with E-state index in [1.54, 1.807) is 6.92 Å². The Kier molecular flexibility index (Phi) is 9.90. The minimum atomic E-state index is -1.71. The minimum Gasteiger partial charge on any atom is -0.457 e. The fourth-order valence-corrected chi connectivity index (χ4v) is 3.88. The summed E-state index contributed by atoms with van der Waals surface area (Å²) in [6.07, 6.45) is 11.8. The molecule has 1 aliphatic rings. The molecule has 1 aliphatic heterocycles. The molecular weight excluding hydrogens is 404 g/mol. The second-order valence-corrected chi connectivity index (χ2v) is 15.2. The van der Waals surface area contributed by atoms with Gasteiger partial charge in [-0.2, -0.15) is 0 Å². The lowest BCUT2D eigenvalue weighted by Gasteiger charge is -2.36. The fraction of sp³-hybridized carbons (Fsp3) is 0.615. The summed E-state index contributed by atoms with van der Waals surface area (Å²) in [5.74, 6) is -0.538. The summed E-state index contributed by atoms with van der Waals surface area (Å²) >= 11 is 0. The van der Waals surface area contributed by atoms with Crippen molar-refractivity contribution in [3.8, 4) is 0 Å². The molecular formula is C26H42O4Si. The summed E-state index contributed by atoms with van der Waals surface area (Å²) in [6, 6.07) is 0. The van der Waals surface area contributed by atoms with Crippen molar-refractivity contribution in [3.63, 3.8) is 0 Å². The molecule has 0 amide bonds. The van der Waals surface area contributed by atoms with Crippen LogP contribution in [0.15, 0.2) is 48.1 Å². The van der Waals surface area contributed by atoms with Crippen LogP contribution in [0.3, 0.4) is 0 Å². The van der Waals surface area contributed by atoms with Crippen molar-refractivity contribution < 1.29 is 18.8 Å². The molecule has 5 heteroatoms. The van der Waals surface area contributed by atoms with Crippen LogP contribution >= 0.6 is 0 Å². The van der Waals surface area contributed by atoms with Gasteiger partial charge in [-0.15, -0.1) is 0 Å². The molecule has 1 saturated heterocycles. The Labute approximate surface area is 190 Å². The third-order valence-corrected chi connectivity index (χ3v) is 11.0. The first-order valence-corrected chi connectivity index (χ1v) is 14.1. The number of ketones is 1. The van der Waals surface area contributed by atoms with Gasteiger partial charge in [-0.05, 0) is 58.2 Å². The Bertz CT molecular complexity index is 732. The third kappa shape index (κ3) is 8.04. The van der Waals surface area contributed by atoms with Gasteiger partial charge in [-0.25, -0.2) is 0 Å². The van der Waals surface area contributed by atoms with Gasteiger partial charge in [0, 0.05) is 6.42 Å². The summed E-state index contributed by atoms with van der Waals surface area (Å²) in [6.45, 7) is 21.4. The number of rotatable bonds is 10. The maximum absolute atomic E-state index is 12.4. The van der Waals surface area contributed by atoms with Crippen molar-refractivity contribution in [2.24, 2.45) is 5.41 Å². The van der Waals surface area contributed by atoms with Crippen LogP contribution in [0, 0.1) is 5.41 Å². The van der Waals surface area contributed by atoms with Gasteiger partial charge in [0.15, 0.2) is 14.1 Å². The van der Waals surface area contributed by atoms with Gasteiger partial charge >= 0.3 is 5.97 Å². The van der Waals surface area contributed by atoms with Crippen molar-refractivity contribution >= 4 is 20.1 Å². The smallest absolute Gasteiger partial charge is 0.320 e. The predicted molar refractivity (Wildman–Crippen MR) is 131 cm³/mol. The van der Waals surface area contributed by atoms with E-state index in [2.05, 4.69) is 59.5 Å².